The summed E-state index contributed by atoms with van der Waals surface area (Å²) in [7, 11) is 0. The standard InChI is InChI=1S/C9H12N/c1-3-6-9(2)10-7-4-5-8-10/h3-5,7-9H,1-2,6H2. The van der Waals surface area contributed by atoms with Crippen LogP contribution in [0, 0.1) is 6.92 Å². The molecule has 0 aliphatic carbocycles. The maximum Gasteiger partial charge on any atom is 0.0365 e. The summed E-state index contributed by atoms with van der Waals surface area (Å²) in [4.78, 5) is 0. The van der Waals surface area contributed by atoms with Gasteiger partial charge in [0.25, 0.3) is 0 Å². The van der Waals surface area contributed by atoms with Crippen LogP contribution in [0.15, 0.2) is 37.2 Å². The molecule has 0 aliphatic rings. The van der Waals surface area contributed by atoms with E-state index in [0.717, 1.165) is 6.42 Å². The lowest BCUT2D eigenvalue weighted by atomic mass is 10.2. The van der Waals surface area contributed by atoms with E-state index < -0.39 is 0 Å². The average Bonchev–Trinajstić information content (AvgIpc) is 2.38. The van der Waals surface area contributed by atoms with Crippen LogP contribution in [0.3, 0.4) is 0 Å². The Morgan fingerprint density at radius 1 is 1.40 bits per heavy atom. The van der Waals surface area contributed by atoms with E-state index in [-0.39, 0.29) is 0 Å². The summed E-state index contributed by atoms with van der Waals surface area (Å²) in [6.45, 7) is 7.62. The molecule has 1 aromatic rings. The van der Waals surface area contributed by atoms with E-state index in [4.69, 9.17) is 0 Å². The highest BCUT2D eigenvalue weighted by Gasteiger charge is 1.97. The van der Waals surface area contributed by atoms with Crippen molar-refractivity contribution in [3.05, 3.63) is 44.1 Å². The fraction of sp³-hybridized carbons (Fsp3) is 0.222. The second kappa shape index (κ2) is 3.25. The van der Waals surface area contributed by atoms with Crippen molar-refractivity contribution in [2.24, 2.45) is 0 Å². The molecule has 0 spiro atoms. The Kier molecular flexibility index (Phi) is 2.32. The quantitative estimate of drug-likeness (QED) is 0.559. The van der Waals surface area contributed by atoms with E-state index >= 15 is 0 Å². The zero-order valence-corrected chi connectivity index (χ0v) is 6.03. The predicted molar refractivity (Wildman–Crippen MR) is 43.6 cm³/mol. The van der Waals surface area contributed by atoms with Crippen LogP contribution in [-0.4, -0.2) is 4.57 Å². The Morgan fingerprint density at radius 2 is 2.00 bits per heavy atom. The second-order valence-corrected chi connectivity index (χ2v) is 2.31. The first kappa shape index (κ1) is 7.13. The highest BCUT2D eigenvalue weighted by atomic mass is 15.0. The van der Waals surface area contributed by atoms with Crippen molar-refractivity contribution in [3.63, 3.8) is 0 Å². The monoisotopic (exact) mass is 134 g/mol. The molecule has 1 atom stereocenters. The summed E-state index contributed by atoms with van der Waals surface area (Å²) in [5.41, 5.74) is 0. The van der Waals surface area contributed by atoms with Crippen LogP contribution in [0.25, 0.3) is 0 Å². The van der Waals surface area contributed by atoms with Crippen LogP contribution < -0.4 is 0 Å². The van der Waals surface area contributed by atoms with Crippen LogP contribution in [0.4, 0.5) is 0 Å². The van der Waals surface area contributed by atoms with Crippen molar-refractivity contribution < 1.29 is 0 Å². The average molecular weight is 134 g/mol. The molecule has 0 N–H and O–H groups in total. The summed E-state index contributed by atoms with van der Waals surface area (Å²) < 4.78 is 2.07. The first-order chi connectivity index (χ1) is 4.84. The van der Waals surface area contributed by atoms with Crippen molar-refractivity contribution in [1.82, 2.24) is 4.57 Å². The van der Waals surface area contributed by atoms with Gasteiger partial charge in [0.15, 0.2) is 0 Å². The Morgan fingerprint density at radius 3 is 2.50 bits per heavy atom. The van der Waals surface area contributed by atoms with Gasteiger partial charge in [-0.25, -0.2) is 0 Å². The van der Waals surface area contributed by atoms with Gasteiger partial charge >= 0.3 is 0 Å². The summed E-state index contributed by atoms with van der Waals surface area (Å²) in [5.74, 6) is 0. The Bertz CT molecular complexity index is 187. The molecular formula is C9H12N. The maximum atomic E-state index is 3.96. The molecule has 1 nitrogen and oxygen atoms in total. The van der Waals surface area contributed by atoms with Gasteiger partial charge in [0.1, 0.15) is 0 Å². The minimum absolute atomic E-state index is 0.299. The largest absolute Gasteiger partial charge is 0.351 e. The van der Waals surface area contributed by atoms with Gasteiger partial charge in [-0.1, -0.05) is 6.08 Å². The highest BCUT2D eigenvalue weighted by Crippen LogP contribution is 2.09. The summed E-state index contributed by atoms with van der Waals surface area (Å²) in [5, 5.41) is 0. The number of allylic oxidation sites excluding steroid dienone is 1. The molecule has 0 aliphatic heterocycles. The third kappa shape index (κ3) is 1.50. The van der Waals surface area contributed by atoms with Crippen LogP contribution in [0.5, 0.6) is 0 Å². The summed E-state index contributed by atoms with van der Waals surface area (Å²) >= 11 is 0. The molecule has 1 radical (unpaired) electrons. The highest BCUT2D eigenvalue weighted by molar-refractivity contribution is 4.95. The molecule has 1 aromatic heterocycles. The predicted octanol–water partition coefficient (Wildman–Crippen LogP) is 2.44. The third-order valence-corrected chi connectivity index (χ3v) is 1.49. The molecule has 0 bridgehead atoms. The molecule has 0 amide bonds. The second-order valence-electron chi connectivity index (χ2n) is 2.31. The topological polar surface area (TPSA) is 4.93 Å². The lowest BCUT2D eigenvalue weighted by Gasteiger charge is -2.09. The van der Waals surface area contributed by atoms with Gasteiger partial charge in [-0.15, -0.1) is 6.58 Å². The van der Waals surface area contributed by atoms with Crippen molar-refractivity contribution in [2.45, 2.75) is 12.5 Å². The normalized spacial score (nSPS) is 12.9. The molecule has 10 heavy (non-hydrogen) atoms. The van der Waals surface area contributed by atoms with Crippen molar-refractivity contribution >= 4 is 0 Å². The molecule has 0 saturated carbocycles. The van der Waals surface area contributed by atoms with E-state index in [1.807, 2.05) is 30.6 Å². The molecule has 1 heterocycles. The van der Waals surface area contributed by atoms with Crippen molar-refractivity contribution in [3.8, 4) is 0 Å². The van der Waals surface area contributed by atoms with Gasteiger partial charge in [-0.2, -0.15) is 0 Å². The van der Waals surface area contributed by atoms with Crippen LogP contribution in [0.2, 0.25) is 0 Å². The fourth-order valence-electron chi connectivity index (χ4n) is 0.905. The van der Waals surface area contributed by atoms with Gasteiger partial charge in [-0.3, -0.25) is 0 Å². The molecule has 0 aromatic carbocycles. The van der Waals surface area contributed by atoms with Crippen LogP contribution >= 0.6 is 0 Å². The number of nitrogens with zero attached hydrogens (tertiary/aromatic N) is 1. The minimum atomic E-state index is 0.299. The van der Waals surface area contributed by atoms with Gasteiger partial charge in [-0.05, 0) is 25.5 Å². The van der Waals surface area contributed by atoms with Gasteiger partial charge in [0.2, 0.25) is 0 Å². The smallest absolute Gasteiger partial charge is 0.0365 e. The molecular weight excluding hydrogens is 122 g/mol. The number of rotatable bonds is 3. The van der Waals surface area contributed by atoms with E-state index in [0.29, 0.717) is 6.04 Å². The molecule has 0 fully saturated rings. The zero-order valence-electron chi connectivity index (χ0n) is 6.03. The SMILES string of the molecule is [CH2]C(CC=C)n1cccc1. The Labute approximate surface area is 62.0 Å². The number of hydrogen-bond acceptors (Lipinski definition) is 0. The minimum Gasteiger partial charge on any atom is -0.351 e. The zero-order chi connectivity index (χ0) is 7.40. The summed E-state index contributed by atoms with van der Waals surface area (Å²) in [6, 6.07) is 4.30. The Hall–Kier alpha value is -0.980. The molecule has 53 valence electrons. The molecule has 1 rings (SSSR count). The van der Waals surface area contributed by atoms with E-state index in [1.165, 1.54) is 0 Å². The molecule has 0 saturated heterocycles. The lowest BCUT2D eigenvalue weighted by Crippen LogP contribution is -2.00. The first-order valence-corrected chi connectivity index (χ1v) is 3.41. The Balaban J connectivity index is 2.58. The first-order valence-electron chi connectivity index (χ1n) is 3.41. The fourth-order valence-corrected chi connectivity index (χ4v) is 0.905. The number of hydrogen-bond donors (Lipinski definition) is 0. The van der Waals surface area contributed by atoms with E-state index in [2.05, 4.69) is 18.1 Å². The maximum absolute atomic E-state index is 3.96. The van der Waals surface area contributed by atoms with Crippen LogP contribution in [0.1, 0.15) is 12.5 Å². The van der Waals surface area contributed by atoms with E-state index in [9.17, 15) is 0 Å². The third-order valence-electron chi connectivity index (χ3n) is 1.49. The van der Waals surface area contributed by atoms with Crippen LogP contribution in [-0.2, 0) is 0 Å². The summed E-state index contributed by atoms with van der Waals surface area (Å²) in [6.07, 6.45) is 6.84. The molecule has 1 heteroatoms. The lowest BCUT2D eigenvalue weighted by molar-refractivity contribution is 0.612. The molecule has 1 unspecified atom stereocenters. The van der Waals surface area contributed by atoms with Gasteiger partial charge in [0, 0.05) is 18.4 Å². The van der Waals surface area contributed by atoms with Gasteiger partial charge < -0.3 is 4.57 Å². The van der Waals surface area contributed by atoms with E-state index in [1.54, 1.807) is 0 Å². The number of aromatic nitrogens is 1. The van der Waals surface area contributed by atoms with Gasteiger partial charge in [0.05, 0.1) is 0 Å². The van der Waals surface area contributed by atoms with Crippen molar-refractivity contribution in [1.29, 1.82) is 0 Å². The van der Waals surface area contributed by atoms with Crippen molar-refractivity contribution in [2.75, 3.05) is 0 Å².